The molecule has 2 heterocycles. The van der Waals surface area contributed by atoms with E-state index in [-0.39, 0.29) is 23.6 Å². The van der Waals surface area contributed by atoms with Gasteiger partial charge in [0, 0.05) is 6.07 Å². The highest BCUT2D eigenvalue weighted by atomic mass is 19.4. The van der Waals surface area contributed by atoms with E-state index in [1.165, 1.54) is 26.4 Å². The van der Waals surface area contributed by atoms with Gasteiger partial charge in [-0.05, 0) is 17.7 Å². The summed E-state index contributed by atoms with van der Waals surface area (Å²) in [5.41, 5.74) is -7.29. The lowest BCUT2D eigenvalue weighted by molar-refractivity contribution is -0.196. The molecule has 0 fully saturated rings. The molecule has 0 saturated carbocycles. The lowest BCUT2D eigenvalue weighted by Crippen LogP contribution is -2.62. The van der Waals surface area contributed by atoms with E-state index in [9.17, 15) is 32.3 Å². The third-order valence-corrected chi connectivity index (χ3v) is 5.71. The molecule has 13 heteroatoms. The molecule has 10 nitrogen and oxygen atoms in total. The number of fused-ring (bicyclic) bond motifs is 1. The van der Waals surface area contributed by atoms with E-state index in [2.05, 4.69) is 0 Å². The average Bonchev–Trinajstić information content (AvgIpc) is 3.15. The van der Waals surface area contributed by atoms with Gasteiger partial charge in [-0.3, -0.25) is 23.9 Å². The lowest BCUT2D eigenvalue weighted by atomic mass is 9.91. The highest BCUT2D eigenvalue weighted by Crippen LogP contribution is 2.45. The van der Waals surface area contributed by atoms with Crippen molar-refractivity contribution in [1.82, 2.24) is 14.9 Å². The van der Waals surface area contributed by atoms with Crippen LogP contribution in [0.2, 0.25) is 0 Å². The van der Waals surface area contributed by atoms with Crippen molar-refractivity contribution < 1.29 is 32.2 Å². The minimum absolute atomic E-state index is 0.134. The maximum Gasteiger partial charge on any atom is 0.425 e. The summed E-state index contributed by atoms with van der Waals surface area (Å²) in [7, 11) is 2.53. The maximum absolute atomic E-state index is 14.6. The molecule has 0 bridgehead atoms. The summed E-state index contributed by atoms with van der Waals surface area (Å²) in [6.07, 6.45) is -5.47. The van der Waals surface area contributed by atoms with E-state index in [1.54, 1.807) is 35.6 Å². The molecule has 1 aromatic heterocycles. The first-order valence-electron chi connectivity index (χ1n) is 10.4. The third-order valence-electron chi connectivity index (χ3n) is 5.71. The van der Waals surface area contributed by atoms with E-state index in [0.29, 0.717) is 5.56 Å². The number of amides is 2. The summed E-state index contributed by atoms with van der Waals surface area (Å²) in [5, 5.41) is 3.67. The number of carbonyl (C=O) groups is 2. The van der Waals surface area contributed by atoms with Gasteiger partial charge in [0.25, 0.3) is 22.9 Å². The highest BCUT2D eigenvalue weighted by Gasteiger charge is 2.68. The first-order chi connectivity index (χ1) is 17.0. The van der Waals surface area contributed by atoms with E-state index >= 15 is 0 Å². The van der Waals surface area contributed by atoms with Crippen LogP contribution in [0.5, 0.6) is 11.5 Å². The predicted octanol–water partition coefficient (Wildman–Crippen LogP) is 1.74. The minimum Gasteiger partial charge on any atom is -0.497 e. The second kappa shape index (κ2) is 8.91. The average molecular weight is 504 g/mol. The van der Waals surface area contributed by atoms with Crippen LogP contribution in [-0.4, -0.2) is 41.8 Å². The van der Waals surface area contributed by atoms with Crippen LogP contribution < -0.4 is 31.4 Å². The van der Waals surface area contributed by atoms with Crippen LogP contribution in [0.3, 0.4) is 0 Å². The van der Waals surface area contributed by atoms with Crippen LogP contribution in [0.1, 0.15) is 21.5 Å². The number of nitrogens with zero attached hydrogens (tertiary/aromatic N) is 1. The summed E-state index contributed by atoms with van der Waals surface area (Å²) in [5.74, 6) is -3.64. The van der Waals surface area contributed by atoms with Gasteiger partial charge in [-0.25, -0.2) is 4.79 Å². The third kappa shape index (κ3) is 3.87. The van der Waals surface area contributed by atoms with Crippen molar-refractivity contribution in [3.8, 4) is 11.5 Å². The molecular weight excluding hydrogens is 485 g/mol. The number of aromatic amines is 1. The first-order valence-corrected chi connectivity index (χ1v) is 10.4. The van der Waals surface area contributed by atoms with Crippen molar-refractivity contribution in [2.45, 2.75) is 18.3 Å². The number of H-pyrrole nitrogens is 1. The van der Waals surface area contributed by atoms with Gasteiger partial charge in [0.1, 0.15) is 22.9 Å². The molecule has 4 rings (SSSR count). The molecule has 0 spiro atoms. The van der Waals surface area contributed by atoms with Crippen molar-refractivity contribution in [1.29, 1.82) is 0 Å². The minimum atomic E-state index is -5.47. The van der Waals surface area contributed by atoms with Crippen molar-refractivity contribution in [2.75, 3.05) is 19.5 Å². The Bertz CT molecular complexity index is 1470. The maximum atomic E-state index is 14.6. The van der Waals surface area contributed by atoms with Crippen molar-refractivity contribution >= 4 is 17.6 Å². The van der Waals surface area contributed by atoms with Crippen LogP contribution in [0.15, 0.2) is 58.1 Å². The largest absolute Gasteiger partial charge is 0.497 e. The van der Waals surface area contributed by atoms with Gasteiger partial charge in [0.15, 0.2) is 0 Å². The molecule has 1 aliphatic heterocycles. The zero-order valence-electron chi connectivity index (χ0n) is 18.9. The molecule has 36 heavy (non-hydrogen) atoms. The fourth-order valence-corrected chi connectivity index (χ4v) is 3.97. The Kier molecular flexibility index (Phi) is 6.08. The van der Waals surface area contributed by atoms with Gasteiger partial charge < -0.3 is 20.1 Å². The second-order valence-corrected chi connectivity index (χ2v) is 7.78. The Balaban J connectivity index is 1.89. The monoisotopic (exact) mass is 504 g/mol. The summed E-state index contributed by atoms with van der Waals surface area (Å²) in [4.78, 5) is 53.0. The number of alkyl halides is 3. The molecule has 3 aromatic rings. The number of ether oxygens (including phenoxy) is 2. The summed E-state index contributed by atoms with van der Waals surface area (Å²) in [6, 6.07) is 11.9. The molecular formula is C23H19F3N4O6. The van der Waals surface area contributed by atoms with Crippen molar-refractivity contribution in [3.05, 3.63) is 86.1 Å². The molecule has 1 atom stereocenters. The summed E-state index contributed by atoms with van der Waals surface area (Å²) < 4.78 is 54.7. The number of carbonyl (C=O) groups excluding carboxylic acids is 2. The molecule has 188 valence electrons. The molecule has 3 N–H and O–H groups in total. The van der Waals surface area contributed by atoms with Gasteiger partial charge in [-0.15, -0.1) is 0 Å². The number of aromatic nitrogens is 2. The van der Waals surface area contributed by atoms with Gasteiger partial charge in [-0.2, -0.15) is 13.2 Å². The number of hydrogen-bond donors (Lipinski definition) is 3. The molecule has 2 amide bonds. The smallest absolute Gasteiger partial charge is 0.425 e. The number of anilines is 1. The van der Waals surface area contributed by atoms with Crippen LogP contribution in [0.25, 0.3) is 0 Å². The Hall–Kier alpha value is -4.55. The SMILES string of the molecule is COc1ccc(C(=O)NC2(C(F)(F)F)C(=O)Nc3c2c(=O)[nH]c(=O)n3Cc2ccccc2)c(OC)c1. The Morgan fingerprint density at radius 2 is 1.75 bits per heavy atom. The molecule has 2 aromatic carbocycles. The Morgan fingerprint density at radius 1 is 1.06 bits per heavy atom. The number of methoxy groups -OCH3 is 2. The van der Waals surface area contributed by atoms with E-state index in [4.69, 9.17) is 9.47 Å². The van der Waals surface area contributed by atoms with Gasteiger partial charge in [0.05, 0.1) is 26.3 Å². The fraction of sp³-hybridized carbons (Fsp3) is 0.217. The number of halogens is 3. The molecule has 1 unspecified atom stereocenters. The summed E-state index contributed by atoms with van der Waals surface area (Å²) >= 11 is 0. The molecule has 1 aliphatic rings. The number of rotatable bonds is 6. The topological polar surface area (TPSA) is 132 Å². The number of nitrogens with one attached hydrogen (secondary N) is 3. The van der Waals surface area contributed by atoms with E-state index < -0.39 is 46.2 Å². The molecule has 0 radical (unpaired) electrons. The van der Waals surface area contributed by atoms with E-state index in [0.717, 1.165) is 10.6 Å². The van der Waals surface area contributed by atoms with E-state index in [1.807, 2.05) is 10.3 Å². The van der Waals surface area contributed by atoms with Crippen LogP contribution in [-0.2, 0) is 16.9 Å². The highest BCUT2D eigenvalue weighted by molar-refractivity contribution is 6.09. The number of benzene rings is 2. The van der Waals surface area contributed by atoms with Gasteiger partial charge in [-0.1, -0.05) is 30.3 Å². The number of hydrogen-bond acceptors (Lipinski definition) is 6. The Morgan fingerprint density at radius 3 is 2.36 bits per heavy atom. The summed E-state index contributed by atoms with van der Waals surface area (Å²) in [6.45, 7) is -0.257. The molecule has 0 aliphatic carbocycles. The van der Waals surface area contributed by atoms with Crippen molar-refractivity contribution in [2.24, 2.45) is 0 Å². The molecule has 0 saturated heterocycles. The second-order valence-electron chi connectivity index (χ2n) is 7.78. The van der Waals surface area contributed by atoms with Gasteiger partial charge >= 0.3 is 11.9 Å². The van der Waals surface area contributed by atoms with Crippen LogP contribution >= 0.6 is 0 Å². The lowest BCUT2D eigenvalue weighted by Gasteiger charge is -2.30. The fourth-order valence-electron chi connectivity index (χ4n) is 3.97. The zero-order chi connectivity index (χ0) is 26.3. The van der Waals surface area contributed by atoms with Crippen LogP contribution in [0, 0.1) is 0 Å². The standard InChI is InChI=1S/C23H19F3N4O6/c1-35-13-8-9-14(15(10-13)36-2)18(31)29-22(23(24,25)26)16-17(27-20(22)33)30(21(34)28-19(16)32)11-12-6-4-3-5-7-12/h3-10H,11H2,1-2H3,(H,27,33)(H,29,31)(H,28,32,34). The first kappa shape index (κ1) is 24.6. The van der Waals surface area contributed by atoms with Gasteiger partial charge in [0.2, 0.25) is 0 Å². The quantitative estimate of drug-likeness (QED) is 0.469. The zero-order valence-corrected chi connectivity index (χ0v) is 18.9. The Labute approximate surface area is 200 Å². The predicted molar refractivity (Wildman–Crippen MR) is 120 cm³/mol. The van der Waals surface area contributed by atoms with Crippen molar-refractivity contribution in [3.63, 3.8) is 0 Å². The van der Waals surface area contributed by atoms with Crippen LogP contribution in [0.4, 0.5) is 19.0 Å². The normalized spacial score (nSPS) is 16.8.